The second-order valence-corrected chi connectivity index (χ2v) is 4.52. The molecular weight excluding hydrogens is 230 g/mol. The summed E-state index contributed by atoms with van der Waals surface area (Å²) in [5.74, 6) is -0.488. The van der Waals surface area contributed by atoms with Gasteiger partial charge in [-0.25, -0.2) is 0 Å². The zero-order valence-corrected chi connectivity index (χ0v) is 10.3. The van der Waals surface area contributed by atoms with E-state index in [1.165, 1.54) is 0 Å². The number of benzene rings is 1. The van der Waals surface area contributed by atoms with Crippen LogP contribution >= 0.6 is 0 Å². The zero-order chi connectivity index (χ0) is 13.1. The van der Waals surface area contributed by atoms with Gasteiger partial charge in [-0.3, -0.25) is 9.59 Å². The van der Waals surface area contributed by atoms with E-state index in [-0.39, 0.29) is 11.8 Å². The highest BCUT2D eigenvalue weighted by molar-refractivity contribution is 5.99. The fraction of sp³-hybridized carbons (Fsp3) is 0.385. The number of carbonyl (C=O) groups is 2. The van der Waals surface area contributed by atoms with Gasteiger partial charge in [-0.1, -0.05) is 6.07 Å². The van der Waals surface area contributed by atoms with Gasteiger partial charge in [0, 0.05) is 17.8 Å². The molecule has 2 amide bonds. The SMILES string of the molecule is Cc1c(NC(=O)C2CCNC2)cccc1C(N)=O. The molecule has 18 heavy (non-hydrogen) atoms. The topological polar surface area (TPSA) is 84.2 Å². The van der Waals surface area contributed by atoms with Gasteiger partial charge in [0.2, 0.25) is 11.8 Å². The van der Waals surface area contributed by atoms with Crippen LogP contribution in [0.15, 0.2) is 18.2 Å². The Morgan fingerprint density at radius 2 is 2.22 bits per heavy atom. The van der Waals surface area contributed by atoms with Gasteiger partial charge in [0.1, 0.15) is 0 Å². The lowest BCUT2D eigenvalue weighted by Crippen LogP contribution is -2.25. The summed E-state index contributed by atoms with van der Waals surface area (Å²) < 4.78 is 0. The zero-order valence-electron chi connectivity index (χ0n) is 10.3. The molecule has 0 aromatic heterocycles. The summed E-state index contributed by atoms with van der Waals surface area (Å²) in [4.78, 5) is 23.2. The molecule has 1 atom stereocenters. The minimum absolute atomic E-state index is 0.00151. The van der Waals surface area contributed by atoms with Gasteiger partial charge in [0.25, 0.3) is 0 Å². The first-order valence-corrected chi connectivity index (χ1v) is 6.00. The number of carbonyl (C=O) groups excluding carboxylic acids is 2. The molecule has 1 unspecified atom stereocenters. The van der Waals surface area contributed by atoms with Crippen molar-refractivity contribution in [1.29, 1.82) is 0 Å². The molecule has 1 saturated heterocycles. The average Bonchev–Trinajstić information content (AvgIpc) is 2.85. The van der Waals surface area contributed by atoms with Crippen LogP contribution in [-0.4, -0.2) is 24.9 Å². The van der Waals surface area contributed by atoms with Gasteiger partial charge < -0.3 is 16.4 Å². The van der Waals surface area contributed by atoms with E-state index in [4.69, 9.17) is 5.73 Å². The average molecular weight is 247 g/mol. The number of rotatable bonds is 3. The van der Waals surface area contributed by atoms with Crippen LogP contribution in [0.4, 0.5) is 5.69 Å². The fourth-order valence-corrected chi connectivity index (χ4v) is 2.15. The van der Waals surface area contributed by atoms with E-state index < -0.39 is 5.91 Å². The van der Waals surface area contributed by atoms with Crippen LogP contribution in [0.25, 0.3) is 0 Å². The number of nitrogens with two attached hydrogens (primary N) is 1. The Morgan fingerprint density at radius 3 is 2.83 bits per heavy atom. The van der Waals surface area contributed by atoms with E-state index >= 15 is 0 Å². The lowest BCUT2D eigenvalue weighted by molar-refractivity contribution is -0.119. The lowest BCUT2D eigenvalue weighted by Gasteiger charge is -2.13. The van der Waals surface area contributed by atoms with E-state index in [9.17, 15) is 9.59 Å². The van der Waals surface area contributed by atoms with Crippen molar-refractivity contribution in [3.63, 3.8) is 0 Å². The Balaban J connectivity index is 2.16. The second kappa shape index (κ2) is 5.18. The van der Waals surface area contributed by atoms with E-state index in [1.807, 2.05) is 0 Å². The van der Waals surface area contributed by atoms with Crippen LogP contribution in [0, 0.1) is 12.8 Å². The Morgan fingerprint density at radius 1 is 1.44 bits per heavy atom. The normalized spacial score (nSPS) is 18.6. The predicted molar refractivity (Wildman–Crippen MR) is 69.3 cm³/mol. The summed E-state index contributed by atoms with van der Waals surface area (Å²) in [5, 5.41) is 6.01. The van der Waals surface area contributed by atoms with Gasteiger partial charge in [0.15, 0.2) is 0 Å². The number of amides is 2. The monoisotopic (exact) mass is 247 g/mol. The Bertz CT molecular complexity index is 479. The molecule has 1 heterocycles. The molecule has 0 saturated carbocycles. The maximum absolute atomic E-state index is 12.0. The molecule has 96 valence electrons. The second-order valence-electron chi connectivity index (χ2n) is 4.52. The van der Waals surface area contributed by atoms with Crippen molar-refractivity contribution < 1.29 is 9.59 Å². The third-order valence-corrected chi connectivity index (χ3v) is 3.29. The van der Waals surface area contributed by atoms with Gasteiger partial charge in [-0.2, -0.15) is 0 Å². The molecule has 5 heteroatoms. The third kappa shape index (κ3) is 2.51. The lowest BCUT2D eigenvalue weighted by atomic mass is 10.0. The summed E-state index contributed by atoms with van der Waals surface area (Å²) >= 11 is 0. The molecule has 1 aromatic rings. The minimum atomic E-state index is -0.480. The predicted octanol–water partition coefficient (Wildman–Crippen LogP) is 0.642. The highest BCUT2D eigenvalue weighted by atomic mass is 16.2. The van der Waals surface area contributed by atoms with Gasteiger partial charge in [-0.05, 0) is 37.6 Å². The first kappa shape index (κ1) is 12.6. The van der Waals surface area contributed by atoms with Crippen molar-refractivity contribution in [3.8, 4) is 0 Å². The molecule has 1 aromatic carbocycles. The highest BCUT2D eigenvalue weighted by Gasteiger charge is 2.23. The summed E-state index contributed by atoms with van der Waals surface area (Å²) in [5.41, 5.74) is 7.08. The summed E-state index contributed by atoms with van der Waals surface area (Å²) in [6.07, 6.45) is 0.848. The van der Waals surface area contributed by atoms with Crippen LogP contribution in [0.2, 0.25) is 0 Å². The van der Waals surface area contributed by atoms with Crippen molar-refractivity contribution in [2.24, 2.45) is 11.7 Å². The first-order chi connectivity index (χ1) is 8.59. The van der Waals surface area contributed by atoms with Gasteiger partial charge >= 0.3 is 0 Å². The molecule has 2 rings (SSSR count). The summed E-state index contributed by atoms with van der Waals surface area (Å²) in [7, 11) is 0. The van der Waals surface area contributed by atoms with E-state index in [0.717, 1.165) is 13.0 Å². The van der Waals surface area contributed by atoms with E-state index in [1.54, 1.807) is 25.1 Å². The molecule has 1 aliphatic rings. The number of hydrogen-bond donors (Lipinski definition) is 3. The number of hydrogen-bond acceptors (Lipinski definition) is 3. The van der Waals surface area contributed by atoms with Crippen molar-refractivity contribution in [2.45, 2.75) is 13.3 Å². The van der Waals surface area contributed by atoms with Crippen molar-refractivity contribution >= 4 is 17.5 Å². The smallest absolute Gasteiger partial charge is 0.249 e. The summed E-state index contributed by atoms with van der Waals surface area (Å²) in [6, 6.07) is 5.15. The number of anilines is 1. The maximum Gasteiger partial charge on any atom is 0.249 e. The Hall–Kier alpha value is -1.88. The van der Waals surface area contributed by atoms with Crippen LogP contribution in [0.1, 0.15) is 22.3 Å². The van der Waals surface area contributed by atoms with Crippen LogP contribution in [0.5, 0.6) is 0 Å². The number of primary amides is 1. The molecule has 0 aliphatic carbocycles. The van der Waals surface area contributed by atoms with Gasteiger partial charge in [0.05, 0.1) is 5.92 Å². The molecule has 0 spiro atoms. The van der Waals surface area contributed by atoms with E-state index in [2.05, 4.69) is 10.6 Å². The molecule has 0 radical (unpaired) electrons. The molecule has 1 fully saturated rings. The molecule has 0 bridgehead atoms. The first-order valence-electron chi connectivity index (χ1n) is 6.00. The Labute approximate surface area is 106 Å². The third-order valence-electron chi connectivity index (χ3n) is 3.29. The largest absolute Gasteiger partial charge is 0.366 e. The highest BCUT2D eigenvalue weighted by Crippen LogP contribution is 2.20. The van der Waals surface area contributed by atoms with Crippen molar-refractivity contribution in [3.05, 3.63) is 29.3 Å². The molecule has 5 nitrogen and oxygen atoms in total. The number of nitrogens with one attached hydrogen (secondary N) is 2. The molecule has 4 N–H and O–H groups in total. The Kier molecular flexibility index (Phi) is 3.62. The molecule has 1 aliphatic heterocycles. The van der Waals surface area contributed by atoms with Crippen LogP contribution < -0.4 is 16.4 Å². The quantitative estimate of drug-likeness (QED) is 0.733. The van der Waals surface area contributed by atoms with Crippen molar-refractivity contribution in [2.75, 3.05) is 18.4 Å². The summed E-state index contributed by atoms with van der Waals surface area (Å²) in [6.45, 7) is 3.36. The van der Waals surface area contributed by atoms with Crippen LogP contribution in [-0.2, 0) is 4.79 Å². The molecular formula is C13H17N3O2. The minimum Gasteiger partial charge on any atom is -0.366 e. The maximum atomic E-state index is 12.0. The fourth-order valence-electron chi connectivity index (χ4n) is 2.15. The van der Waals surface area contributed by atoms with Crippen LogP contribution in [0.3, 0.4) is 0 Å². The van der Waals surface area contributed by atoms with Crippen molar-refractivity contribution in [1.82, 2.24) is 5.32 Å². The van der Waals surface area contributed by atoms with E-state index in [0.29, 0.717) is 23.4 Å². The van der Waals surface area contributed by atoms with Gasteiger partial charge in [-0.15, -0.1) is 0 Å². The standard InChI is InChI=1S/C13H17N3O2/c1-8-10(12(14)17)3-2-4-11(8)16-13(18)9-5-6-15-7-9/h2-4,9,15H,5-7H2,1H3,(H2,14,17)(H,16,18).